The first-order valence-electron chi connectivity index (χ1n) is 7.34. The quantitative estimate of drug-likeness (QED) is 0.488. The van der Waals surface area contributed by atoms with Gasteiger partial charge < -0.3 is 4.52 Å². The van der Waals surface area contributed by atoms with Crippen molar-refractivity contribution in [2.45, 2.75) is 6.92 Å². The molecule has 2 heteroatoms. The van der Waals surface area contributed by atoms with Crippen LogP contribution < -0.4 is 0 Å². The van der Waals surface area contributed by atoms with Gasteiger partial charge in [-0.3, -0.25) is 0 Å². The lowest BCUT2D eigenvalue weighted by atomic mass is 9.95. The van der Waals surface area contributed by atoms with E-state index in [4.69, 9.17) is 4.52 Å². The summed E-state index contributed by atoms with van der Waals surface area (Å²) in [6, 6.07) is 24.9. The van der Waals surface area contributed by atoms with Crippen LogP contribution in [0.5, 0.6) is 0 Å². The Morgan fingerprint density at radius 1 is 0.773 bits per heavy atom. The van der Waals surface area contributed by atoms with Crippen LogP contribution in [0, 0.1) is 6.92 Å². The highest BCUT2D eigenvalue weighted by Gasteiger charge is 2.18. The molecule has 0 N–H and O–H groups in total. The van der Waals surface area contributed by atoms with Gasteiger partial charge in [-0.1, -0.05) is 78.0 Å². The van der Waals surface area contributed by atoms with Crippen LogP contribution in [0.25, 0.3) is 33.2 Å². The third-order valence-corrected chi connectivity index (χ3v) is 3.96. The Balaban J connectivity index is 2.02. The van der Waals surface area contributed by atoms with Gasteiger partial charge in [0.05, 0.1) is 11.3 Å². The Bertz CT molecular complexity index is 933. The molecule has 2 nitrogen and oxygen atoms in total. The predicted octanol–water partition coefficient (Wildman–Crippen LogP) is 5.47. The topological polar surface area (TPSA) is 26.0 Å². The summed E-state index contributed by atoms with van der Waals surface area (Å²) >= 11 is 0. The molecule has 106 valence electrons. The van der Waals surface area contributed by atoms with E-state index in [0.717, 1.165) is 28.1 Å². The largest absolute Gasteiger partial charge is 0.355 e. The van der Waals surface area contributed by atoms with Crippen molar-refractivity contribution in [2.24, 2.45) is 0 Å². The fourth-order valence-corrected chi connectivity index (χ4v) is 2.92. The second kappa shape index (κ2) is 5.15. The third-order valence-electron chi connectivity index (χ3n) is 3.96. The Morgan fingerprint density at radius 3 is 2.36 bits per heavy atom. The highest BCUT2D eigenvalue weighted by Crippen LogP contribution is 2.38. The normalized spacial score (nSPS) is 11.0. The number of nitrogens with zero attached hydrogens (tertiary/aromatic N) is 1. The Morgan fingerprint density at radius 2 is 1.50 bits per heavy atom. The van der Waals surface area contributed by atoms with Crippen molar-refractivity contribution in [3.63, 3.8) is 0 Å². The molecule has 3 aromatic carbocycles. The lowest BCUT2D eigenvalue weighted by Gasteiger charge is -2.07. The van der Waals surface area contributed by atoms with Crippen molar-refractivity contribution < 1.29 is 4.52 Å². The number of hydrogen-bond donors (Lipinski definition) is 0. The molecule has 1 heterocycles. The predicted molar refractivity (Wildman–Crippen MR) is 89.6 cm³/mol. The molecular formula is C20H15NO. The maximum absolute atomic E-state index is 5.63. The number of rotatable bonds is 2. The Kier molecular flexibility index (Phi) is 3.01. The zero-order chi connectivity index (χ0) is 14.9. The summed E-state index contributed by atoms with van der Waals surface area (Å²) in [5, 5.41) is 6.64. The van der Waals surface area contributed by atoms with Crippen molar-refractivity contribution >= 4 is 10.8 Å². The zero-order valence-electron chi connectivity index (χ0n) is 12.3. The van der Waals surface area contributed by atoms with Crippen molar-refractivity contribution in [1.82, 2.24) is 5.16 Å². The lowest BCUT2D eigenvalue weighted by Crippen LogP contribution is -1.85. The molecule has 0 radical (unpaired) electrons. The molecule has 0 bridgehead atoms. The minimum Gasteiger partial charge on any atom is -0.355 e. The van der Waals surface area contributed by atoms with Crippen LogP contribution in [0.4, 0.5) is 0 Å². The maximum Gasteiger partial charge on any atom is 0.174 e. The summed E-state index contributed by atoms with van der Waals surface area (Å²) in [5.74, 6) is 0.828. The van der Waals surface area contributed by atoms with Crippen LogP contribution in [0.1, 0.15) is 5.69 Å². The third kappa shape index (κ3) is 2.01. The fraction of sp³-hybridized carbons (Fsp3) is 0.0500. The number of benzene rings is 3. The maximum atomic E-state index is 5.63. The first-order valence-corrected chi connectivity index (χ1v) is 7.34. The lowest BCUT2D eigenvalue weighted by molar-refractivity contribution is 0.427. The highest BCUT2D eigenvalue weighted by atomic mass is 16.5. The van der Waals surface area contributed by atoms with Gasteiger partial charge in [0.1, 0.15) is 0 Å². The van der Waals surface area contributed by atoms with E-state index in [2.05, 4.69) is 59.8 Å². The van der Waals surface area contributed by atoms with Crippen LogP contribution in [-0.4, -0.2) is 5.16 Å². The number of hydrogen-bond acceptors (Lipinski definition) is 2. The van der Waals surface area contributed by atoms with Crippen LogP contribution >= 0.6 is 0 Å². The average Bonchev–Trinajstić information content (AvgIpc) is 2.96. The molecule has 0 unspecified atom stereocenters. The van der Waals surface area contributed by atoms with Crippen molar-refractivity contribution in [3.8, 4) is 22.5 Å². The van der Waals surface area contributed by atoms with Crippen LogP contribution in [0.2, 0.25) is 0 Å². The second-order valence-corrected chi connectivity index (χ2v) is 5.36. The van der Waals surface area contributed by atoms with E-state index >= 15 is 0 Å². The molecule has 0 aliphatic heterocycles. The molecule has 22 heavy (non-hydrogen) atoms. The standard InChI is InChI=1S/C20H15NO/c1-14-19(20(22-21-14)16-9-3-2-4-10-16)18-13-7-11-15-8-5-6-12-17(15)18/h2-13H,1H3. The molecule has 1 aromatic heterocycles. The average molecular weight is 285 g/mol. The minimum atomic E-state index is 0.828. The zero-order valence-corrected chi connectivity index (χ0v) is 12.3. The first-order chi connectivity index (χ1) is 10.8. The summed E-state index contributed by atoms with van der Waals surface area (Å²) in [6.45, 7) is 1.99. The van der Waals surface area contributed by atoms with Gasteiger partial charge in [-0.05, 0) is 23.3 Å². The number of aryl methyl sites for hydroxylation is 1. The fourth-order valence-electron chi connectivity index (χ4n) is 2.92. The van der Waals surface area contributed by atoms with Crippen molar-refractivity contribution in [2.75, 3.05) is 0 Å². The SMILES string of the molecule is Cc1noc(-c2ccccc2)c1-c1cccc2ccccc12. The Labute approximate surface area is 129 Å². The molecule has 0 spiro atoms. The van der Waals surface area contributed by atoms with Gasteiger partial charge in [0.25, 0.3) is 0 Å². The van der Waals surface area contributed by atoms with Gasteiger partial charge in [0, 0.05) is 5.56 Å². The molecule has 0 aliphatic carbocycles. The van der Waals surface area contributed by atoms with Gasteiger partial charge in [-0.15, -0.1) is 0 Å². The highest BCUT2D eigenvalue weighted by molar-refractivity contribution is 6.00. The van der Waals surface area contributed by atoms with E-state index in [9.17, 15) is 0 Å². The molecule has 0 atom stereocenters. The van der Waals surface area contributed by atoms with Gasteiger partial charge >= 0.3 is 0 Å². The van der Waals surface area contributed by atoms with Gasteiger partial charge in [0.15, 0.2) is 5.76 Å². The minimum absolute atomic E-state index is 0.828. The number of aromatic nitrogens is 1. The van der Waals surface area contributed by atoms with E-state index in [0.29, 0.717) is 0 Å². The molecule has 0 saturated heterocycles. The van der Waals surface area contributed by atoms with Crippen LogP contribution in [0.3, 0.4) is 0 Å². The van der Waals surface area contributed by atoms with Crippen LogP contribution in [0.15, 0.2) is 77.3 Å². The van der Waals surface area contributed by atoms with Gasteiger partial charge in [-0.2, -0.15) is 0 Å². The van der Waals surface area contributed by atoms with Gasteiger partial charge in [-0.25, -0.2) is 0 Å². The van der Waals surface area contributed by atoms with E-state index in [1.54, 1.807) is 0 Å². The summed E-state index contributed by atoms with van der Waals surface area (Å²) in [5.41, 5.74) is 4.19. The molecule has 0 amide bonds. The van der Waals surface area contributed by atoms with Crippen molar-refractivity contribution in [3.05, 3.63) is 78.5 Å². The van der Waals surface area contributed by atoms with E-state index in [1.807, 2.05) is 25.1 Å². The molecular weight excluding hydrogens is 270 g/mol. The smallest absolute Gasteiger partial charge is 0.174 e. The monoisotopic (exact) mass is 285 g/mol. The second-order valence-electron chi connectivity index (χ2n) is 5.36. The van der Waals surface area contributed by atoms with E-state index < -0.39 is 0 Å². The Hall–Kier alpha value is -2.87. The molecule has 4 aromatic rings. The van der Waals surface area contributed by atoms with E-state index in [1.165, 1.54) is 10.8 Å². The summed E-state index contributed by atoms with van der Waals surface area (Å²) in [6.07, 6.45) is 0. The molecule has 0 aliphatic rings. The summed E-state index contributed by atoms with van der Waals surface area (Å²) in [7, 11) is 0. The molecule has 0 saturated carbocycles. The number of fused-ring (bicyclic) bond motifs is 1. The summed E-state index contributed by atoms with van der Waals surface area (Å²) < 4.78 is 5.63. The van der Waals surface area contributed by atoms with E-state index in [-0.39, 0.29) is 0 Å². The van der Waals surface area contributed by atoms with Gasteiger partial charge in [0.2, 0.25) is 0 Å². The molecule has 0 fully saturated rings. The van der Waals surface area contributed by atoms with Crippen molar-refractivity contribution in [1.29, 1.82) is 0 Å². The summed E-state index contributed by atoms with van der Waals surface area (Å²) in [4.78, 5) is 0. The van der Waals surface area contributed by atoms with Crippen LogP contribution in [-0.2, 0) is 0 Å². The first kappa shape index (κ1) is 12.8. The molecule has 4 rings (SSSR count).